The maximum absolute atomic E-state index is 4.26. The molecule has 3 heteroatoms. The molecule has 0 aromatic carbocycles. The Hall–Kier alpha value is -1.09. The summed E-state index contributed by atoms with van der Waals surface area (Å²) in [6.07, 6.45) is 2.94. The van der Waals surface area contributed by atoms with E-state index < -0.39 is 0 Å². The van der Waals surface area contributed by atoms with Gasteiger partial charge in [-0.1, -0.05) is 0 Å². The van der Waals surface area contributed by atoms with Crippen LogP contribution in [-0.2, 0) is 13.0 Å². The minimum absolute atomic E-state index is 0.985. The fraction of sp³-hybridized carbons (Fsp3) is 0.364. The molecule has 2 rings (SSSR count). The van der Waals surface area contributed by atoms with Gasteiger partial charge in [0.05, 0.1) is 0 Å². The molecule has 0 aliphatic heterocycles. The largest absolute Gasteiger partial charge is 0.270 e. The SMILES string of the molecule is Cc1ccc(CCn2nccc2C)s1. The van der Waals surface area contributed by atoms with E-state index in [0.717, 1.165) is 13.0 Å². The minimum Gasteiger partial charge on any atom is -0.270 e. The topological polar surface area (TPSA) is 17.8 Å². The van der Waals surface area contributed by atoms with Crippen molar-refractivity contribution in [1.29, 1.82) is 0 Å². The third-order valence-corrected chi connectivity index (χ3v) is 3.36. The van der Waals surface area contributed by atoms with Crippen molar-refractivity contribution in [2.75, 3.05) is 0 Å². The van der Waals surface area contributed by atoms with E-state index >= 15 is 0 Å². The molecule has 2 nitrogen and oxygen atoms in total. The zero-order valence-electron chi connectivity index (χ0n) is 8.53. The van der Waals surface area contributed by atoms with Crippen LogP contribution >= 0.6 is 11.3 Å². The van der Waals surface area contributed by atoms with E-state index in [4.69, 9.17) is 0 Å². The summed E-state index contributed by atoms with van der Waals surface area (Å²) in [5, 5.41) is 4.26. The number of nitrogens with zero attached hydrogens (tertiary/aromatic N) is 2. The maximum atomic E-state index is 4.26. The quantitative estimate of drug-likeness (QED) is 0.755. The lowest BCUT2D eigenvalue weighted by molar-refractivity contribution is 0.602. The summed E-state index contributed by atoms with van der Waals surface area (Å²) in [7, 11) is 0. The Labute approximate surface area is 88.2 Å². The van der Waals surface area contributed by atoms with Crippen molar-refractivity contribution < 1.29 is 0 Å². The summed E-state index contributed by atoms with van der Waals surface area (Å²) in [5.74, 6) is 0. The van der Waals surface area contributed by atoms with Gasteiger partial charge in [0, 0.05) is 34.6 Å². The molecule has 2 heterocycles. The Kier molecular flexibility index (Phi) is 2.68. The first-order chi connectivity index (χ1) is 6.75. The van der Waals surface area contributed by atoms with Crippen LogP contribution in [0.15, 0.2) is 24.4 Å². The predicted molar refractivity (Wildman–Crippen MR) is 59.7 cm³/mol. The number of aromatic nitrogens is 2. The van der Waals surface area contributed by atoms with Gasteiger partial charge in [0.1, 0.15) is 0 Å². The van der Waals surface area contributed by atoms with Crippen LogP contribution in [0.2, 0.25) is 0 Å². The second-order valence-corrected chi connectivity index (χ2v) is 4.83. The van der Waals surface area contributed by atoms with Gasteiger partial charge in [0.2, 0.25) is 0 Å². The van der Waals surface area contributed by atoms with Gasteiger partial charge in [-0.25, -0.2) is 0 Å². The average Bonchev–Trinajstić information content (AvgIpc) is 2.72. The van der Waals surface area contributed by atoms with Gasteiger partial charge >= 0.3 is 0 Å². The van der Waals surface area contributed by atoms with E-state index in [1.165, 1.54) is 15.4 Å². The first kappa shape index (κ1) is 9.46. The van der Waals surface area contributed by atoms with Crippen molar-refractivity contribution in [3.05, 3.63) is 39.8 Å². The number of rotatable bonds is 3. The van der Waals surface area contributed by atoms with Crippen LogP contribution in [0.25, 0.3) is 0 Å². The first-order valence-electron chi connectivity index (χ1n) is 4.79. The fourth-order valence-electron chi connectivity index (χ4n) is 1.47. The highest BCUT2D eigenvalue weighted by atomic mass is 32.1. The summed E-state index contributed by atoms with van der Waals surface area (Å²) < 4.78 is 2.05. The molecule has 0 N–H and O–H groups in total. The monoisotopic (exact) mass is 206 g/mol. The molecular formula is C11H14N2S. The second-order valence-electron chi connectivity index (χ2n) is 3.46. The Balaban J connectivity index is 1.98. The molecule has 74 valence electrons. The molecule has 0 atom stereocenters. The van der Waals surface area contributed by atoms with E-state index in [2.05, 4.69) is 35.8 Å². The van der Waals surface area contributed by atoms with Crippen LogP contribution in [0, 0.1) is 13.8 Å². The highest BCUT2D eigenvalue weighted by Crippen LogP contribution is 2.16. The van der Waals surface area contributed by atoms with Crippen molar-refractivity contribution in [2.45, 2.75) is 26.8 Å². The summed E-state index contributed by atoms with van der Waals surface area (Å²) in [6, 6.07) is 6.43. The van der Waals surface area contributed by atoms with E-state index in [0.29, 0.717) is 0 Å². The Morgan fingerprint density at radius 2 is 2.14 bits per heavy atom. The Morgan fingerprint density at radius 1 is 1.29 bits per heavy atom. The van der Waals surface area contributed by atoms with Crippen LogP contribution in [0.5, 0.6) is 0 Å². The lowest BCUT2D eigenvalue weighted by Crippen LogP contribution is -2.03. The number of thiophene rings is 1. The highest BCUT2D eigenvalue weighted by molar-refractivity contribution is 7.11. The van der Waals surface area contributed by atoms with Crippen molar-refractivity contribution in [1.82, 2.24) is 9.78 Å². The molecule has 0 aliphatic carbocycles. The van der Waals surface area contributed by atoms with Gasteiger partial charge in [0.15, 0.2) is 0 Å². The molecule has 0 amide bonds. The molecule has 14 heavy (non-hydrogen) atoms. The normalized spacial score (nSPS) is 10.7. The minimum atomic E-state index is 0.985. The highest BCUT2D eigenvalue weighted by Gasteiger charge is 1.99. The van der Waals surface area contributed by atoms with E-state index in [9.17, 15) is 0 Å². The average molecular weight is 206 g/mol. The van der Waals surface area contributed by atoms with E-state index in [1.807, 2.05) is 23.6 Å². The lowest BCUT2D eigenvalue weighted by atomic mass is 10.3. The second kappa shape index (κ2) is 3.96. The third kappa shape index (κ3) is 2.04. The number of hydrogen-bond acceptors (Lipinski definition) is 2. The van der Waals surface area contributed by atoms with Crippen molar-refractivity contribution in [2.24, 2.45) is 0 Å². The summed E-state index contributed by atoms with van der Waals surface area (Å²) in [4.78, 5) is 2.83. The van der Waals surface area contributed by atoms with Gasteiger partial charge in [-0.15, -0.1) is 11.3 Å². The maximum Gasteiger partial charge on any atom is 0.0492 e. The molecule has 2 aromatic heterocycles. The van der Waals surface area contributed by atoms with Gasteiger partial charge in [0.25, 0.3) is 0 Å². The smallest absolute Gasteiger partial charge is 0.0492 e. The van der Waals surface area contributed by atoms with E-state index in [1.54, 1.807) is 0 Å². The van der Waals surface area contributed by atoms with E-state index in [-0.39, 0.29) is 0 Å². The van der Waals surface area contributed by atoms with Crippen LogP contribution in [0.1, 0.15) is 15.4 Å². The van der Waals surface area contributed by atoms with Crippen LogP contribution < -0.4 is 0 Å². The van der Waals surface area contributed by atoms with Gasteiger partial charge in [-0.05, 0) is 32.0 Å². The van der Waals surface area contributed by atoms with Gasteiger partial charge in [-0.3, -0.25) is 4.68 Å². The van der Waals surface area contributed by atoms with Gasteiger partial charge < -0.3 is 0 Å². The molecular weight excluding hydrogens is 192 g/mol. The Morgan fingerprint density at radius 3 is 2.71 bits per heavy atom. The van der Waals surface area contributed by atoms with Crippen LogP contribution in [0.4, 0.5) is 0 Å². The summed E-state index contributed by atoms with van der Waals surface area (Å²) >= 11 is 1.87. The molecule has 0 radical (unpaired) electrons. The zero-order chi connectivity index (χ0) is 9.97. The van der Waals surface area contributed by atoms with Gasteiger partial charge in [-0.2, -0.15) is 5.10 Å². The van der Waals surface area contributed by atoms with Crippen molar-refractivity contribution >= 4 is 11.3 Å². The summed E-state index contributed by atoms with van der Waals surface area (Å²) in [5.41, 5.74) is 1.23. The van der Waals surface area contributed by atoms with Crippen LogP contribution in [-0.4, -0.2) is 9.78 Å². The molecule has 0 spiro atoms. The molecule has 0 fully saturated rings. The van der Waals surface area contributed by atoms with Crippen molar-refractivity contribution in [3.63, 3.8) is 0 Å². The van der Waals surface area contributed by atoms with Crippen molar-refractivity contribution in [3.8, 4) is 0 Å². The number of hydrogen-bond donors (Lipinski definition) is 0. The zero-order valence-corrected chi connectivity index (χ0v) is 9.34. The third-order valence-electron chi connectivity index (χ3n) is 2.29. The first-order valence-corrected chi connectivity index (χ1v) is 5.61. The standard InChI is InChI=1S/C11H14N2S/c1-9-5-7-12-13(9)8-6-11-4-3-10(2)14-11/h3-5,7H,6,8H2,1-2H3. The molecule has 0 aliphatic rings. The molecule has 0 bridgehead atoms. The molecule has 0 saturated carbocycles. The molecule has 0 unspecified atom stereocenters. The van der Waals surface area contributed by atoms with Crippen LogP contribution in [0.3, 0.4) is 0 Å². The fourth-order valence-corrected chi connectivity index (χ4v) is 2.35. The summed E-state index contributed by atoms with van der Waals surface area (Å²) in [6.45, 7) is 5.22. The molecule has 0 saturated heterocycles. The number of aryl methyl sites for hydroxylation is 4. The Bertz CT molecular complexity index is 414. The lowest BCUT2D eigenvalue weighted by Gasteiger charge is -2.01. The molecule has 2 aromatic rings. The predicted octanol–water partition coefficient (Wildman–Crippen LogP) is 2.80.